The smallest absolute Gasteiger partial charge is 0.194 e. The predicted octanol–water partition coefficient (Wildman–Crippen LogP) is 2.30. The van der Waals surface area contributed by atoms with Crippen molar-refractivity contribution in [3.63, 3.8) is 0 Å². The van der Waals surface area contributed by atoms with Crippen LogP contribution in [0.2, 0.25) is 0 Å². The Balaban J connectivity index is 2.12. The Hall–Kier alpha value is -1.05. The van der Waals surface area contributed by atoms with Crippen molar-refractivity contribution in [3.05, 3.63) is 22.4 Å². The normalized spacial score (nSPS) is 17.8. The molecule has 1 N–H and O–H groups in total. The molecule has 0 unspecified atom stereocenters. The Morgan fingerprint density at radius 3 is 2.56 bits per heavy atom. The molecule has 1 aliphatic rings. The van der Waals surface area contributed by atoms with Crippen molar-refractivity contribution >= 4 is 21.9 Å². The van der Waals surface area contributed by atoms with E-state index in [4.69, 9.17) is 9.73 Å². The monoisotopic (exact) mass is 413 g/mol. The summed E-state index contributed by atoms with van der Waals surface area (Å²) in [5, 5.41) is 3.43. The molecule has 1 saturated heterocycles. The van der Waals surface area contributed by atoms with Crippen molar-refractivity contribution < 1.29 is 4.74 Å². The SMILES string of the molecule is CCNC(=NCC1(N(C)C)CCOCC1)N(C)Cc1cc(Br)cn1C. The van der Waals surface area contributed by atoms with E-state index >= 15 is 0 Å². The van der Waals surface area contributed by atoms with Gasteiger partial charge in [-0.3, -0.25) is 4.99 Å². The molecule has 142 valence electrons. The molecule has 7 heteroatoms. The van der Waals surface area contributed by atoms with Crippen LogP contribution in [0.15, 0.2) is 21.7 Å². The van der Waals surface area contributed by atoms with E-state index in [1.807, 2.05) is 0 Å². The van der Waals surface area contributed by atoms with Gasteiger partial charge in [0, 0.05) is 55.8 Å². The van der Waals surface area contributed by atoms with E-state index < -0.39 is 0 Å². The molecule has 0 aromatic carbocycles. The van der Waals surface area contributed by atoms with Crippen molar-refractivity contribution in [1.29, 1.82) is 0 Å². The lowest BCUT2D eigenvalue weighted by Gasteiger charge is -2.42. The number of guanidine groups is 1. The molecule has 25 heavy (non-hydrogen) atoms. The number of aryl methyl sites for hydroxylation is 1. The lowest BCUT2D eigenvalue weighted by molar-refractivity contribution is -0.00263. The lowest BCUT2D eigenvalue weighted by atomic mass is 9.89. The van der Waals surface area contributed by atoms with Gasteiger partial charge in [-0.25, -0.2) is 0 Å². The topological polar surface area (TPSA) is 45.0 Å². The largest absolute Gasteiger partial charge is 0.381 e. The van der Waals surface area contributed by atoms with Gasteiger partial charge in [-0.15, -0.1) is 0 Å². The Bertz CT molecular complexity index is 578. The van der Waals surface area contributed by atoms with E-state index in [0.717, 1.165) is 56.1 Å². The zero-order chi connectivity index (χ0) is 18.4. The molecule has 2 heterocycles. The van der Waals surface area contributed by atoms with Crippen LogP contribution in [0.25, 0.3) is 0 Å². The van der Waals surface area contributed by atoms with Crippen molar-refractivity contribution in [2.24, 2.45) is 12.0 Å². The average Bonchev–Trinajstić information content (AvgIpc) is 2.89. The number of aliphatic imine (C=N–C) groups is 1. The quantitative estimate of drug-likeness (QED) is 0.573. The summed E-state index contributed by atoms with van der Waals surface area (Å²) in [5.41, 5.74) is 1.33. The average molecular weight is 414 g/mol. The van der Waals surface area contributed by atoms with Gasteiger partial charge in [0.05, 0.1) is 13.1 Å². The number of nitrogens with zero attached hydrogens (tertiary/aromatic N) is 4. The molecule has 2 rings (SSSR count). The highest BCUT2D eigenvalue weighted by atomic mass is 79.9. The van der Waals surface area contributed by atoms with Crippen LogP contribution in [-0.2, 0) is 18.3 Å². The number of hydrogen-bond donors (Lipinski definition) is 1. The van der Waals surface area contributed by atoms with Gasteiger partial charge < -0.3 is 24.4 Å². The van der Waals surface area contributed by atoms with Crippen LogP contribution < -0.4 is 5.32 Å². The fourth-order valence-corrected chi connectivity index (χ4v) is 3.80. The summed E-state index contributed by atoms with van der Waals surface area (Å²) in [5.74, 6) is 0.951. The minimum absolute atomic E-state index is 0.0910. The van der Waals surface area contributed by atoms with Crippen molar-refractivity contribution in [2.75, 3.05) is 47.4 Å². The number of halogens is 1. The molecule has 1 aromatic rings. The molecule has 0 radical (unpaired) electrons. The fraction of sp³-hybridized carbons (Fsp3) is 0.722. The van der Waals surface area contributed by atoms with E-state index in [2.05, 4.69) is 83.0 Å². The third-order valence-electron chi connectivity index (χ3n) is 5.07. The number of hydrogen-bond acceptors (Lipinski definition) is 3. The summed E-state index contributed by atoms with van der Waals surface area (Å²) in [7, 11) is 8.47. The molecule has 1 aromatic heterocycles. The third kappa shape index (κ3) is 5.21. The summed E-state index contributed by atoms with van der Waals surface area (Å²) in [4.78, 5) is 9.48. The standard InChI is InChI=1S/C18H32BrN5O/c1-6-20-17(24(5)13-16-11-15(19)12-23(16)4)21-14-18(22(2)3)7-9-25-10-8-18/h11-12H,6-10,13-14H2,1-5H3,(H,20,21). The van der Waals surface area contributed by atoms with E-state index in [-0.39, 0.29) is 5.54 Å². The Labute approximate surface area is 160 Å². The number of likely N-dealkylation sites (N-methyl/N-ethyl adjacent to an activating group) is 1. The van der Waals surface area contributed by atoms with Crippen LogP contribution in [0.5, 0.6) is 0 Å². The van der Waals surface area contributed by atoms with Gasteiger partial charge in [0.1, 0.15) is 0 Å². The molecular weight excluding hydrogens is 382 g/mol. The zero-order valence-electron chi connectivity index (χ0n) is 16.2. The van der Waals surface area contributed by atoms with Crippen LogP contribution in [0.1, 0.15) is 25.5 Å². The van der Waals surface area contributed by atoms with Crippen LogP contribution >= 0.6 is 15.9 Å². The fourth-order valence-electron chi connectivity index (χ4n) is 3.23. The van der Waals surface area contributed by atoms with Gasteiger partial charge in [-0.05, 0) is 55.9 Å². The minimum Gasteiger partial charge on any atom is -0.381 e. The Morgan fingerprint density at radius 1 is 1.36 bits per heavy atom. The van der Waals surface area contributed by atoms with Gasteiger partial charge in [0.2, 0.25) is 0 Å². The number of ether oxygens (including phenoxy) is 1. The van der Waals surface area contributed by atoms with Crippen molar-refractivity contribution in [2.45, 2.75) is 31.8 Å². The molecule has 1 fully saturated rings. The summed E-state index contributed by atoms with van der Waals surface area (Å²) >= 11 is 3.54. The summed E-state index contributed by atoms with van der Waals surface area (Å²) in [6.07, 6.45) is 4.13. The second-order valence-electron chi connectivity index (χ2n) is 7.02. The molecule has 0 atom stereocenters. The molecule has 0 amide bonds. The molecule has 0 bridgehead atoms. The minimum atomic E-state index is 0.0910. The number of nitrogens with one attached hydrogen (secondary N) is 1. The molecule has 0 aliphatic carbocycles. The zero-order valence-corrected chi connectivity index (χ0v) is 17.8. The highest BCUT2D eigenvalue weighted by molar-refractivity contribution is 9.10. The van der Waals surface area contributed by atoms with Gasteiger partial charge in [-0.2, -0.15) is 0 Å². The van der Waals surface area contributed by atoms with Gasteiger partial charge >= 0.3 is 0 Å². The highest BCUT2D eigenvalue weighted by Gasteiger charge is 2.34. The number of rotatable bonds is 6. The second kappa shape index (κ2) is 9.05. The molecule has 6 nitrogen and oxygen atoms in total. The Morgan fingerprint density at radius 2 is 2.04 bits per heavy atom. The first-order valence-electron chi connectivity index (χ1n) is 8.93. The van der Waals surface area contributed by atoms with Crippen LogP contribution in [0.3, 0.4) is 0 Å². The van der Waals surface area contributed by atoms with Crippen LogP contribution in [-0.4, -0.2) is 73.3 Å². The first-order valence-corrected chi connectivity index (χ1v) is 9.72. The van der Waals surface area contributed by atoms with Crippen LogP contribution in [0.4, 0.5) is 0 Å². The van der Waals surface area contributed by atoms with Gasteiger partial charge in [-0.1, -0.05) is 0 Å². The predicted molar refractivity (Wildman–Crippen MR) is 107 cm³/mol. The molecule has 0 saturated carbocycles. The second-order valence-corrected chi connectivity index (χ2v) is 7.93. The first-order chi connectivity index (χ1) is 11.9. The maximum absolute atomic E-state index is 5.56. The summed E-state index contributed by atoms with van der Waals surface area (Å²) in [6, 6.07) is 2.15. The number of aromatic nitrogens is 1. The van der Waals surface area contributed by atoms with E-state index in [1.54, 1.807) is 0 Å². The van der Waals surface area contributed by atoms with Crippen molar-refractivity contribution in [1.82, 2.24) is 19.7 Å². The van der Waals surface area contributed by atoms with Crippen LogP contribution in [0, 0.1) is 0 Å². The van der Waals surface area contributed by atoms with Gasteiger partial charge in [0.15, 0.2) is 5.96 Å². The molecular formula is C18H32BrN5O. The molecule has 0 spiro atoms. The highest BCUT2D eigenvalue weighted by Crippen LogP contribution is 2.26. The lowest BCUT2D eigenvalue weighted by Crippen LogP contribution is -2.51. The first kappa shape index (κ1) is 20.3. The Kier molecular flexibility index (Phi) is 7.34. The summed E-state index contributed by atoms with van der Waals surface area (Å²) < 4.78 is 8.81. The van der Waals surface area contributed by atoms with Gasteiger partial charge in [0.25, 0.3) is 0 Å². The maximum atomic E-state index is 5.56. The van der Waals surface area contributed by atoms with E-state index in [1.165, 1.54) is 5.69 Å². The third-order valence-corrected chi connectivity index (χ3v) is 5.50. The van der Waals surface area contributed by atoms with Crippen molar-refractivity contribution in [3.8, 4) is 0 Å². The molecule has 1 aliphatic heterocycles. The van der Waals surface area contributed by atoms with E-state index in [9.17, 15) is 0 Å². The summed E-state index contributed by atoms with van der Waals surface area (Å²) in [6.45, 7) is 6.20. The maximum Gasteiger partial charge on any atom is 0.194 e. The van der Waals surface area contributed by atoms with E-state index in [0.29, 0.717) is 0 Å².